The van der Waals surface area contributed by atoms with E-state index in [0.717, 1.165) is 16.7 Å². The predicted octanol–water partition coefficient (Wildman–Crippen LogP) is 2.42. The maximum atomic E-state index is 12.2. The lowest BCUT2D eigenvalue weighted by Gasteiger charge is -2.10. The average Bonchev–Trinajstić information content (AvgIpc) is 2.48. The molecule has 1 atom stereocenters. The van der Waals surface area contributed by atoms with E-state index in [1.54, 1.807) is 18.2 Å². The molecule has 4 heteroatoms. The molecule has 0 aliphatic rings. The van der Waals surface area contributed by atoms with Gasteiger partial charge in [-0.3, -0.25) is 4.79 Å². The Labute approximate surface area is 118 Å². The molecule has 0 radical (unpaired) electrons. The van der Waals surface area contributed by atoms with Crippen molar-refractivity contribution in [3.63, 3.8) is 0 Å². The van der Waals surface area contributed by atoms with Crippen molar-refractivity contribution >= 4 is 5.91 Å². The van der Waals surface area contributed by atoms with Crippen molar-refractivity contribution in [2.45, 2.75) is 19.8 Å². The van der Waals surface area contributed by atoms with Crippen molar-refractivity contribution in [1.29, 1.82) is 0 Å². The number of aromatic nitrogens is 1. The SMILES string of the molecule is CCC(Cc1ccccc1)C(=O)N=c1ccccn1O. The van der Waals surface area contributed by atoms with Crippen LogP contribution in [-0.4, -0.2) is 15.8 Å². The summed E-state index contributed by atoms with van der Waals surface area (Å²) in [6.07, 6.45) is 2.83. The van der Waals surface area contributed by atoms with Crippen LogP contribution >= 0.6 is 0 Å². The first-order valence-corrected chi connectivity index (χ1v) is 6.70. The highest BCUT2D eigenvalue weighted by molar-refractivity contribution is 5.79. The molecular weight excluding hydrogens is 252 g/mol. The van der Waals surface area contributed by atoms with Gasteiger partial charge in [-0.2, -0.15) is 9.72 Å². The number of carbonyl (C=O) groups is 1. The van der Waals surface area contributed by atoms with Gasteiger partial charge >= 0.3 is 0 Å². The van der Waals surface area contributed by atoms with Gasteiger partial charge in [0.25, 0.3) is 5.91 Å². The van der Waals surface area contributed by atoms with Crippen LogP contribution in [0.1, 0.15) is 18.9 Å². The summed E-state index contributed by atoms with van der Waals surface area (Å²) in [6.45, 7) is 1.97. The fraction of sp³-hybridized carbons (Fsp3) is 0.250. The second-order valence-corrected chi connectivity index (χ2v) is 4.65. The number of amides is 1. The first kappa shape index (κ1) is 14.1. The highest BCUT2D eigenvalue weighted by Gasteiger charge is 2.16. The Balaban J connectivity index is 2.18. The van der Waals surface area contributed by atoms with Crippen LogP contribution in [0, 0.1) is 5.92 Å². The third-order valence-electron chi connectivity index (χ3n) is 3.21. The van der Waals surface area contributed by atoms with E-state index < -0.39 is 0 Å². The molecule has 2 rings (SSSR count). The number of hydrogen-bond acceptors (Lipinski definition) is 2. The van der Waals surface area contributed by atoms with E-state index in [0.29, 0.717) is 6.42 Å². The van der Waals surface area contributed by atoms with Gasteiger partial charge in [-0.15, -0.1) is 0 Å². The van der Waals surface area contributed by atoms with Gasteiger partial charge in [0.2, 0.25) is 0 Å². The maximum Gasteiger partial charge on any atom is 0.251 e. The van der Waals surface area contributed by atoms with Crippen LogP contribution in [0.15, 0.2) is 59.7 Å². The van der Waals surface area contributed by atoms with Gasteiger partial charge in [0.15, 0.2) is 5.49 Å². The van der Waals surface area contributed by atoms with Crippen LogP contribution in [0.4, 0.5) is 0 Å². The molecule has 20 heavy (non-hydrogen) atoms. The third kappa shape index (κ3) is 3.57. The second kappa shape index (κ2) is 6.70. The molecule has 1 aromatic heterocycles. The first-order chi connectivity index (χ1) is 9.70. The number of carbonyl (C=O) groups excluding carboxylic acids is 1. The Bertz CT molecular complexity index is 632. The van der Waals surface area contributed by atoms with E-state index in [9.17, 15) is 10.0 Å². The third-order valence-corrected chi connectivity index (χ3v) is 3.21. The van der Waals surface area contributed by atoms with Gasteiger partial charge in [0, 0.05) is 12.1 Å². The summed E-state index contributed by atoms with van der Waals surface area (Å²) >= 11 is 0. The Kier molecular flexibility index (Phi) is 4.71. The van der Waals surface area contributed by atoms with Gasteiger partial charge in [-0.1, -0.05) is 43.3 Å². The summed E-state index contributed by atoms with van der Waals surface area (Å²) in [7, 11) is 0. The molecule has 1 amide bonds. The zero-order chi connectivity index (χ0) is 14.4. The molecule has 1 aromatic carbocycles. The van der Waals surface area contributed by atoms with Crippen molar-refractivity contribution in [3.05, 3.63) is 65.8 Å². The molecule has 1 N–H and O–H groups in total. The van der Waals surface area contributed by atoms with Crippen LogP contribution in [0.25, 0.3) is 0 Å². The number of hydrogen-bond donors (Lipinski definition) is 1. The molecule has 0 fully saturated rings. The van der Waals surface area contributed by atoms with Gasteiger partial charge in [-0.05, 0) is 30.5 Å². The smallest absolute Gasteiger partial charge is 0.251 e. The van der Waals surface area contributed by atoms with Gasteiger partial charge in [0.05, 0.1) is 0 Å². The average molecular weight is 270 g/mol. The van der Waals surface area contributed by atoms with Crippen molar-refractivity contribution in [2.75, 3.05) is 0 Å². The summed E-state index contributed by atoms with van der Waals surface area (Å²) in [6, 6.07) is 14.9. The Morgan fingerprint density at radius 3 is 2.55 bits per heavy atom. The van der Waals surface area contributed by atoms with Crippen LogP contribution in [0.2, 0.25) is 0 Å². The van der Waals surface area contributed by atoms with Crippen LogP contribution in [0.3, 0.4) is 0 Å². The van der Waals surface area contributed by atoms with E-state index in [-0.39, 0.29) is 17.3 Å². The molecular formula is C16H18N2O2. The maximum absolute atomic E-state index is 12.2. The minimum absolute atomic E-state index is 0.169. The Morgan fingerprint density at radius 2 is 1.90 bits per heavy atom. The molecule has 0 aliphatic heterocycles. The summed E-state index contributed by atoms with van der Waals surface area (Å²) in [5.74, 6) is -0.372. The normalized spacial score (nSPS) is 13.2. The zero-order valence-electron chi connectivity index (χ0n) is 11.4. The van der Waals surface area contributed by atoms with Gasteiger partial charge < -0.3 is 5.21 Å². The van der Waals surface area contributed by atoms with Crippen molar-refractivity contribution < 1.29 is 10.0 Å². The number of pyridine rings is 1. The van der Waals surface area contributed by atoms with Crippen molar-refractivity contribution in [3.8, 4) is 0 Å². The van der Waals surface area contributed by atoms with E-state index in [4.69, 9.17) is 0 Å². The van der Waals surface area contributed by atoms with E-state index in [1.165, 1.54) is 6.20 Å². The Hall–Kier alpha value is -2.36. The van der Waals surface area contributed by atoms with Crippen LogP contribution in [0.5, 0.6) is 0 Å². The molecule has 0 bridgehead atoms. The van der Waals surface area contributed by atoms with E-state index in [2.05, 4.69) is 4.99 Å². The summed E-state index contributed by atoms with van der Waals surface area (Å²) in [4.78, 5) is 16.2. The molecule has 0 spiro atoms. The second-order valence-electron chi connectivity index (χ2n) is 4.65. The lowest BCUT2D eigenvalue weighted by molar-refractivity contribution is -0.122. The highest BCUT2D eigenvalue weighted by Crippen LogP contribution is 2.13. The summed E-state index contributed by atoms with van der Waals surface area (Å²) < 4.78 is 0.854. The zero-order valence-corrected chi connectivity index (χ0v) is 11.4. The molecule has 2 aromatic rings. The minimum atomic E-state index is -0.203. The standard InChI is InChI=1S/C16H18N2O2/c1-2-14(12-13-8-4-3-5-9-13)16(19)17-15-10-6-7-11-18(15)20/h3-11,14,20H,2,12H2,1H3. The molecule has 1 heterocycles. The fourth-order valence-electron chi connectivity index (χ4n) is 2.02. The lowest BCUT2D eigenvalue weighted by Crippen LogP contribution is -2.23. The molecule has 4 nitrogen and oxygen atoms in total. The van der Waals surface area contributed by atoms with Gasteiger partial charge in [-0.25, -0.2) is 0 Å². The van der Waals surface area contributed by atoms with Gasteiger partial charge in [0.1, 0.15) is 0 Å². The van der Waals surface area contributed by atoms with E-state index >= 15 is 0 Å². The highest BCUT2D eigenvalue weighted by atomic mass is 16.5. The van der Waals surface area contributed by atoms with E-state index in [1.807, 2.05) is 37.3 Å². The Morgan fingerprint density at radius 1 is 1.20 bits per heavy atom. The fourth-order valence-corrected chi connectivity index (χ4v) is 2.02. The number of rotatable bonds is 4. The monoisotopic (exact) mass is 270 g/mol. The molecule has 0 saturated carbocycles. The number of benzene rings is 1. The van der Waals surface area contributed by atoms with Crippen LogP contribution < -0.4 is 5.49 Å². The van der Waals surface area contributed by atoms with Crippen molar-refractivity contribution in [1.82, 2.24) is 4.73 Å². The molecule has 1 unspecified atom stereocenters. The minimum Gasteiger partial charge on any atom is -0.427 e. The first-order valence-electron chi connectivity index (χ1n) is 6.70. The predicted molar refractivity (Wildman–Crippen MR) is 76.1 cm³/mol. The number of nitrogens with zero attached hydrogens (tertiary/aromatic N) is 2. The summed E-state index contributed by atoms with van der Waals surface area (Å²) in [5, 5.41) is 9.57. The van der Waals surface area contributed by atoms with Crippen LogP contribution in [-0.2, 0) is 11.2 Å². The molecule has 0 aliphatic carbocycles. The topological polar surface area (TPSA) is 54.6 Å². The lowest BCUT2D eigenvalue weighted by atomic mass is 9.96. The largest absolute Gasteiger partial charge is 0.427 e. The molecule has 0 saturated heterocycles. The quantitative estimate of drug-likeness (QED) is 0.867. The summed E-state index contributed by atoms with van der Waals surface area (Å²) in [5.41, 5.74) is 1.37. The molecule has 104 valence electrons. The van der Waals surface area contributed by atoms with Crippen molar-refractivity contribution in [2.24, 2.45) is 10.9 Å².